The van der Waals surface area contributed by atoms with Gasteiger partial charge in [-0.1, -0.05) is 13.8 Å². The highest BCUT2D eigenvalue weighted by molar-refractivity contribution is 7.11. The van der Waals surface area contributed by atoms with E-state index in [4.69, 9.17) is 10.5 Å². The van der Waals surface area contributed by atoms with E-state index < -0.39 is 0 Å². The summed E-state index contributed by atoms with van der Waals surface area (Å²) in [5.74, 6) is 1.24. The summed E-state index contributed by atoms with van der Waals surface area (Å²) in [7, 11) is 1.65. The van der Waals surface area contributed by atoms with Crippen LogP contribution in [0.2, 0.25) is 0 Å². The highest BCUT2D eigenvalue weighted by Gasteiger charge is 2.29. The molecule has 0 aromatic carbocycles. The van der Waals surface area contributed by atoms with Gasteiger partial charge < -0.3 is 15.4 Å². The molecule has 1 saturated heterocycles. The summed E-state index contributed by atoms with van der Waals surface area (Å²) in [6.07, 6.45) is 1.20. The smallest absolute Gasteiger partial charge is 0.197 e. The minimum Gasteiger partial charge on any atom is -0.490 e. The number of nitrogens with two attached hydrogens (primary N) is 1. The van der Waals surface area contributed by atoms with Gasteiger partial charge in [0.2, 0.25) is 0 Å². The Hall–Kier alpha value is -1.01. The van der Waals surface area contributed by atoms with Gasteiger partial charge in [-0.15, -0.1) is 0 Å². The average molecular weight is 270 g/mol. The number of methoxy groups -OCH3 is 1. The number of hydrogen-bond acceptors (Lipinski definition) is 6. The molecule has 1 unspecified atom stereocenters. The predicted molar refractivity (Wildman–Crippen MR) is 76.6 cm³/mol. The molecule has 1 aliphatic heterocycles. The fraction of sp³-hybridized carbons (Fsp3) is 0.750. The molecule has 0 radical (unpaired) electrons. The fourth-order valence-corrected chi connectivity index (χ4v) is 3.46. The lowest BCUT2D eigenvalue weighted by Crippen LogP contribution is -2.37. The van der Waals surface area contributed by atoms with E-state index in [0.717, 1.165) is 36.9 Å². The normalized spacial score (nSPS) is 19.8. The summed E-state index contributed by atoms with van der Waals surface area (Å²) in [5, 5.41) is 1.07. The lowest BCUT2D eigenvalue weighted by Gasteiger charge is -2.26. The molecule has 2 heterocycles. The van der Waals surface area contributed by atoms with Crippen LogP contribution in [0, 0.1) is 0 Å². The first-order chi connectivity index (χ1) is 8.71. The highest BCUT2D eigenvalue weighted by atomic mass is 32.1. The van der Waals surface area contributed by atoms with Gasteiger partial charge in [0.15, 0.2) is 16.6 Å². The molecule has 2 rings (SSSR count). The number of rotatable bonds is 5. The van der Waals surface area contributed by atoms with E-state index in [1.807, 2.05) is 0 Å². The first-order valence-electron chi connectivity index (χ1n) is 6.49. The Kier molecular flexibility index (Phi) is 4.29. The zero-order chi connectivity index (χ0) is 13.1. The summed E-state index contributed by atoms with van der Waals surface area (Å²) in [6.45, 7) is 8.75. The maximum absolute atomic E-state index is 5.80. The van der Waals surface area contributed by atoms with Gasteiger partial charge in [0.25, 0.3) is 0 Å². The molecule has 0 spiro atoms. The lowest BCUT2D eigenvalue weighted by atomic mass is 10.2. The average Bonchev–Trinajstić information content (AvgIpc) is 2.97. The van der Waals surface area contributed by atoms with Crippen molar-refractivity contribution in [2.75, 3.05) is 43.9 Å². The van der Waals surface area contributed by atoms with Crippen LogP contribution in [-0.2, 0) is 0 Å². The molecule has 2 N–H and O–H groups in total. The third kappa shape index (κ3) is 2.40. The topological polar surface area (TPSA) is 54.6 Å². The van der Waals surface area contributed by atoms with Crippen molar-refractivity contribution in [3.05, 3.63) is 0 Å². The number of anilines is 2. The summed E-state index contributed by atoms with van der Waals surface area (Å²) in [6, 6.07) is 0.632. The second-order valence-electron chi connectivity index (χ2n) is 4.52. The second-order valence-corrected chi connectivity index (χ2v) is 5.27. The largest absolute Gasteiger partial charge is 0.490 e. The molecule has 102 valence electrons. The van der Waals surface area contributed by atoms with E-state index in [1.54, 1.807) is 7.11 Å². The number of nitrogens with zero attached hydrogens (tertiary/aromatic N) is 3. The number of ether oxygens (including phenoxy) is 1. The zero-order valence-corrected chi connectivity index (χ0v) is 12.2. The standard InChI is InChI=1S/C12H22N4OS/c1-4-15(5-2)9-6-7-16(8-9)12-10(17-3)11(13)14-18-12/h9H,4-8H2,1-3H3,(H2,13,14). The summed E-state index contributed by atoms with van der Waals surface area (Å²) >= 11 is 1.43. The SMILES string of the molecule is CCN(CC)C1CCN(c2snc(N)c2OC)C1. The van der Waals surface area contributed by atoms with E-state index in [2.05, 4.69) is 28.0 Å². The Morgan fingerprint density at radius 3 is 2.83 bits per heavy atom. The van der Waals surface area contributed by atoms with E-state index >= 15 is 0 Å². The molecule has 1 fully saturated rings. The van der Waals surface area contributed by atoms with E-state index in [0.29, 0.717) is 11.9 Å². The van der Waals surface area contributed by atoms with Crippen LogP contribution in [0.15, 0.2) is 0 Å². The molecule has 0 bridgehead atoms. The molecule has 0 amide bonds. The molecular formula is C12H22N4OS. The van der Waals surface area contributed by atoms with Crippen LogP contribution >= 0.6 is 11.5 Å². The summed E-state index contributed by atoms with van der Waals surface area (Å²) in [5.41, 5.74) is 5.80. The van der Waals surface area contributed by atoms with E-state index in [1.165, 1.54) is 18.0 Å². The van der Waals surface area contributed by atoms with Crippen molar-refractivity contribution < 1.29 is 4.74 Å². The molecule has 18 heavy (non-hydrogen) atoms. The fourth-order valence-electron chi connectivity index (χ4n) is 2.64. The minimum atomic E-state index is 0.504. The Morgan fingerprint density at radius 1 is 1.50 bits per heavy atom. The van der Waals surface area contributed by atoms with Crippen molar-refractivity contribution in [1.82, 2.24) is 9.27 Å². The molecule has 1 aromatic rings. The molecule has 1 aromatic heterocycles. The lowest BCUT2D eigenvalue weighted by molar-refractivity contribution is 0.232. The van der Waals surface area contributed by atoms with Gasteiger partial charge in [-0.25, -0.2) is 0 Å². The predicted octanol–water partition coefficient (Wildman–Crippen LogP) is 1.65. The molecule has 0 aliphatic carbocycles. The van der Waals surface area contributed by atoms with Crippen molar-refractivity contribution in [2.24, 2.45) is 0 Å². The number of aromatic nitrogens is 1. The van der Waals surface area contributed by atoms with Gasteiger partial charge in [-0.2, -0.15) is 4.37 Å². The van der Waals surface area contributed by atoms with Crippen molar-refractivity contribution >= 4 is 22.4 Å². The number of likely N-dealkylation sites (N-methyl/N-ethyl adjacent to an activating group) is 1. The van der Waals surface area contributed by atoms with Gasteiger partial charge in [0.05, 0.1) is 7.11 Å². The third-order valence-electron chi connectivity index (χ3n) is 3.64. The van der Waals surface area contributed by atoms with Crippen LogP contribution in [0.25, 0.3) is 0 Å². The second kappa shape index (κ2) is 5.75. The minimum absolute atomic E-state index is 0.504. The maximum Gasteiger partial charge on any atom is 0.197 e. The van der Waals surface area contributed by atoms with Crippen LogP contribution in [0.3, 0.4) is 0 Å². The van der Waals surface area contributed by atoms with Crippen molar-refractivity contribution in [2.45, 2.75) is 26.3 Å². The Balaban J connectivity index is 2.08. The molecule has 6 heteroatoms. The van der Waals surface area contributed by atoms with Crippen molar-refractivity contribution in [1.29, 1.82) is 0 Å². The number of hydrogen-bond donors (Lipinski definition) is 1. The van der Waals surface area contributed by atoms with Crippen molar-refractivity contribution in [3.63, 3.8) is 0 Å². The van der Waals surface area contributed by atoms with Gasteiger partial charge >= 0.3 is 0 Å². The van der Waals surface area contributed by atoms with Crippen LogP contribution in [0.4, 0.5) is 10.8 Å². The van der Waals surface area contributed by atoms with Crippen molar-refractivity contribution in [3.8, 4) is 5.75 Å². The highest BCUT2D eigenvalue weighted by Crippen LogP contribution is 2.39. The Bertz CT molecular complexity index is 391. The molecule has 5 nitrogen and oxygen atoms in total. The summed E-state index contributed by atoms with van der Waals surface area (Å²) < 4.78 is 9.53. The summed E-state index contributed by atoms with van der Waals surface area (Å²) in [4.78, 5) is 4.85. The quantitative estimate of drug-likeness (QED) is 0.882. The Morgan fingerprint density at radius 2 is 2.22 bits per heavy atom. The van der Waals surface area contributed by atoms with Crippen LogP contribution < -0.4 is 15.4 Å². The van der Waals surface area contributed by atoms with Crippen LogP contribution in [-0.4, -0.2) is 48.6 Å². The maximum atomic E-state index is 5.80. The zero-order valence-electron chi connectivity index (χ0n) is 11.3. The third-order valence-corrected chi connectivity index (χ3v) is 4.55. The number of nitrogen functional groups attached to an aromatic ring is 1. The van der Waals surface area contributed by atoms with Gasteiger partial charge in [-0.05, 0) is 31.0 Å². The van der Waals surface area contributed by atoms with Gasteiger partial charge in [-0.3, -0.25) is 4.90 Å². The molecular weight excluding hydrogens is 248 g/mol. The first-order valence-corrected chi connectivity index (χ1v) is 7.26. The van der Waals surface area contributed by atoms with Gasteiger partial charge in [0.1, 0.15) is 0 Å². The first kappa shape index (κ1) is 13.4. The molecule has 1 aliphatic rings. The monoisotopic (exact) mass is 270 g/mol. The van der Waals surface area contributed by atoms with E-state index in [-0.39, 0.29) is 0 Å². The van der Waals surface area contributed by atoms with Gasteiger partial charge in [0, 0.05) is 19.1 Å². The molecule has 1 atom stereocenters. The Labute approximate surface area is 113 Å². The van der Waals surface area contributed by atoms with Crippen LogP contribution in [0.5, 0.6) is 5.75 Å². The van der Waals surface area contributed by atoms with Crippen LogP contribution in [0.1, 0.15) is 20.3 Å². The van der Waals surface area contributed by atoms with E-state index in [9.17, 15) is 0 Å². The molecule has 0 saturated carbocycles.